The quantitative estimate of drug-likeness (QED) is 0.662. The van der Waals surface area contributed by atoms with E-state index in [4.69, 9.17) is 4.74 Å². The standard InChI is InChI=1S/C13H13BrN2O3/c1-7(2)19-11-4-3-9(14)5-8(11)6-10-12(17)16-13(18)15-10/h3-7H,1-2H3,(H2,15,16,17,18)/b10-6+. The topological polar surface area (TPSA) is 67.4 Å². The van der Waals surface area contributed by atoms with Crippen molar-refractivity contribution in [3.8, 4) is 5.75 Å². The molecular formula is C13H13BrN2O3. The molecular weight excluding hydrogens is 312 g/mol. The van der Waals surface area contributed by atoms with Crippen molar-refractivity contribution < 1.29 is 14.3 Å². The Balaban J connectivity index is 2.38. The van der Waals surface area contributed by atoms with Gasteiger partial charge in [-0.25, -0.2) is 4.79 Å². The zero-order valence-electron chi connectivity index (χ0n) is 10.5. The van der Waals surface area contributed by atoms with Crippen LogP contribution in [0.2, 0.25) is 0 Å². The Kier molecular flexibility index (Phi) is 3.90. The predicted molar refractivity (Wildman–Crippen MR) is 74.6 cm³/mol. The monoisotopic (exact) mass is 324 g/mol. The zero-order valence-corrected chi connectivity index (χ0v) is 12.1. The van der Waals surface area contributed by atoms with Crippen LogP contribution in [0.5, 0.6) is 5.75 Å². The van der Waals surface area contributed by atoms with Gasteiger partial charge in [0.2, 0.25) is 0 Å². The van der Waals surface area contributed by atoms with Crippen LogP contribution < -0.4 is 15.4 Å². The first kappa shape index (κ1) is 13.6. The van der Waals surface area contributed by atoms with E-state index >= 15 is 0 Å². The molecule has 0 spiro atoms. The lowest BCUT2D eigenvalue weighted by molar-refractivity contribution is -0.115. The third-order valence-electron chi connectivity index (χ3n) is 2.35. The van der Waals surface area contributed by atoms with E-state index in [-0.39, 0.29) is 11.8 Å². The van der Waals surface area contributed by atoms with Crippen molar-refractivity contribution in [1.82, 2.24) is 10.6 Å². The molecule has 1 aromatic rings. The summed E-state index contributed by atoms with van der Waals surface area (Å²) in [7, 11) is 0. The molecule has 1 heterocycles. The molecule has 0 atom stereocenters. The smallest absolute Gasteiger partial charge is 0.326 e. The highest BCUT2D eigenvalue weighted by Gasteiger charge is 2.23. The molecule has 1 saturated heterocycles. The minimum absolute atomic E-state index is 0.0188. The molecule has 100 valence electrons. The summed E-state index contributed by atoms with van der Waals surface area (Å²) in [6.45, 7) is 3.84. The van der Waals surface area contributed by atoms with Crippen molar-refractivity contribution in [2.24, 2.45) is 0 Å². The maximum Gasteiger partial charge on any atom is 0.326 e. The van der Waals surface area contributed by atoms with Crippen LogP contribution in [-0.4, -0.2) is 18.0 Å². The van der Waals surface area contributed by atoms with Gasteiger partial charge in [-0.05, 0) is 38.1 Å². The summed E-state index contributed by atoms with van der Waals surface area (Å²) in [4.78, 5) is 22.6. The van der Waals surface area contributed by atoms with Crippen LogP contribution in [0.25, 0.3) is 6.08 Å². The van der Waals surface area contributed by atoms with Gasteiger partial charge in [0.15, 0.2) is 0 Å². The molecule has 1 aliphatic rings. The number of nitrogens with one attached hydrogen (secondary N) is 2. The van der Waals surface area contributed by atoms with Gasteiger partial charge >= 0.3 is 6.03 Å². The van der Waals surface area contributed by atoms with Gasteiger partial charge in [0, 0.05) is 10.0 Å². The highest BCUT2D eigenvalue weighted by atomic mass is 79.9. The van der Waals surface area contributed by atoms with Crippen molar-refractivity contribution in [3.05, 3.63) is 33.9 Å². The number of hydrogen-bond acceptors (Lipinski definition) is 3. The van der Waals surface area contributed by atoms with Crippen LogP contribution in [0.3, 0.4) is 0 Å². The van der Waals surface area contributed by atoms with E-state index in [9.17, 15) is 9.59 Å². The number of amides is 3. The molecule has 19 heavy (non-hydrogen) atoms. The third-order valence-corrected chi connectivity index (χ3v) is 2.85. The summed E-state index contributed by atoms with van der Waals surface area (Å²) >= 11 is 3.37. The molecule has 0 aliphatic carbocycles. The average Bonchev–Trinajstić information content (AvgIpc) is 2.61. The number of halogens is 1. The van der Waals surface area contributed by atoms with Gasteiger partial charge in [0.05, 0.1) is 6.10 Å². The Morgan fingerprint density at radius 3 is 2.58 bits per heavy atom. The fraction of sp³-hybridized carbons (Fsp3) is 0.231. The lowest BCUT2D eigenvalue weighted by atomic mass is 10.1. The fourth-order valence-electron chi connectivity index (χ4n) is 1.63. The van der Waals surface area contributed by atoms with Crippen LogP contribution in [0.1, 0.15) is 19.4 Å². The molecule has 1 aliphatic heterocycles. The second kappa shape index (κ2) is 5.44. The molecule has 1 fully saturated rings. The molecule has 6 heteroatoms. The van der Waals surface area contributed by atoms with Crippen LogP contribution in [0, 0.1) is 0 Å². The summed E-state index contributed by atoms with van der Waals surface area (Å²) < 4.78 is 6.52. The molecule has 0 radical (unpaired) electrons. The van der Waals surface area contributed by atoms with Crippen LogP contribution in [0.15, 0.2) is 28.4 Å². The van der Waals surface area contributed by atoms with Gasteiger partial charge in [-0.2, -0.15) is 0 Å². The number of carbonyl (C=O) groups excluding carboxylic acids is 2. The molecule has 0 saturated carbocycles. The Labute approximate surface area is 119 Å². The Hall–Kier alpha value is -1.82. The van der Waals surface area contributed by atoms with Crippen LogP contribution >= 0.6 is 15.9 Å². The van der Waals surface area contributed by atoms with Gasteiger partial charge in [0.1, 0.15) is 11.4 Å². The van der Waals surface area contributed by atoms with Crippen molar-refractivity contribution in [2.45, 2.75) is 20.0 Å². The Morgan fingerprint density at radius 2 is 2.00 bits per heavy atom. The number of benzene rings is 1. The van der Waals surface area contributed by atoms with Gasteiger partial charge < -0.3 is 10.1 Å². The van der Waals surface area contributed by atoms with Crippen molar-refractivity contribution in [3.63, 3.8) is 0 Å². The lowest BCUT2D eigenvalue weighted by Gasteiger charge is -2.13. The third kappa shape index (κ3) is 3.35. The summed E-state index contributed by atoms with van der Waals surface area (Å²) in [6.07, 6.45) is 1.60. The number of carbonyl (C=O) groups is 2. The molecule has 5 nitrogen and oxygen atoms in total. The fourth-order valence-corrected chi connectivity index (χ4v) is 2.01. The highest BCUT2D eigenvalue weighted by molar-refractivity contribution is 9.10. The predicted octanol–water partition coefficient (Wildman–Crippen LogP) is 2.42. The van der Waals surface area contributed by atoms with E-state index in [0.29, 0.717) is 5.75 Å². The van der Waals surface area contributed by atoms with E-state index in [1.807, 2.05) is 32.0 Å². The zero-order chi connectivity index (χ0) is 14.0. The molecule has 0 unspecified atom stereocenters. The second-order valence-corrected chi connectivity index (χ2v) is 5.23. The van der Waals surface area contributed by atoms with Gasteiger partial charge in [-0.3, -0.25) is 10.1 Å². The molecule has 2 N–H and O–H groups in total. The highest BCUT2D eigenvalue weighted by Crippen LogP contribution is 2.26. The second-order valence-electron chi connectivity index (χ2n) is 4.32. The Bertz CT molecular complexity index is 567. The van der Waals surface area contributed by atoms with E-state index < -0.39 is 11.9 Å². The largest absolute Gasteiger partial charge is 0.490 e. The number of imide groups is 1. The summed E-state index contributed by atoms with van der Waals surface area (Å²) in [5, 5.41) is 4.59. The first-order valence-electron chi connectivity index (χ1n) is 5.76. The van der Waals surface area contributed by atoms with E-state index in [2.05, 4.69) is 26.6 Å². The van der Waals surface area contributed by atoms with Gasteiger partial charge in [-0.1, -0.05) is 15.9 Å². The van der Waals surface area contributed by atoms with E-state index in [0.717, 1.165) is 10.0 Å². The first-order chi connectivity index (χ1) is 8.95. The summed E-state index contributed by atoms with van der Waals surface area (Å²) in [5.41, 5.74) is 0.923. The lowest BCUT2D eigenvalue weighted by Crippen LogP contribution is -2.22. The van der Waals surface area contributed by atoms with Crippen molar-refractivity contribution in [2.75, 3.05) is 0 Å². The maximum absolute atomic E-state index is 11.5. The number of rotatable bonds is 3. The Morgan fingerprint density at radius 1 is 1.26 bits per heavy atom. The first-order valence-corrected chi connectivity index (χ1v) is 6.55. The molecule has 0 bridgehead atoms. The normalized spacial score (nSPS) is 16.7. The van der Waals surface area contributed by atoms with Crippen molar-refractivity contribution in [1.29, 1.82) is 0 Å². The van der Waals surface area contributed by atoms with Crippen LogP contribution in [-0.2, 0) is 4.79 Å². The minimum atomic E-state index is -0.516. The molecule has 0 aromatic heterocycles. The maximum atomic E-state index is 11.5. The number of ether oxygens (including phenoxy) is 1. The molecule has 3 amide bonds. The van der Waals surface area contributed by atoms with Crippen LogP contribution in [0.4, 0.5) is 4.79 Å². The molecule has 1 aromatic carbocycles. The molecule has 2 rings (SSSR count). The van der Waals surface area contributed by atoms with Crippen molar-refractivity contribution >= 4 is 33.9 Å². The minimum Gasteiger partial charge on any atom is -0.490 e. The number of urea groups is 1. The van der Waals surface area contributed by atoms with E-state index in [1.54, 1.807) is 6.08 Å². The summed E-state index contributed by atoms with van der Waals surface area (Å²) in [6, 6.07) is 4.97. The van der Waals surface area contributed by atoms with Gasteiger partial charge in [0.25, 0.3) is 5.91 Å². The van der Waals surface area contributed by atoms with E-state index in [1.165, 1.54) is 0 Å². The number of hydrogen-bond donors (Lipinski definition) is 2. The average molecular weight is 325 g/mol. The summed E-state index contributed by atoms with van der Waals surface area (Å²) in [5.74, 6) is 0.208. The van der Waals surface area contributed by atoms with Gasteiger partial charge in [-0.15, -0.1) is 0 Å². The SMILES string of the molecule is CC(C)Oc1ccc(Br)cc1/C=C1/NC(=O)NC1=O.